The van der Waals surface area contributed by atoms with Gasteiger partial charge in [-0.25, -0.2) is 4.79 Å². The van der Waals surface area contributed by atoms with Crippen molar-refractivity contribution in [2.45, 2.75) is 6.42 Å². The predicted octanol–water partition coefficient (Wildman–Crippen LogP) is 1.95. The molecule has 0 atom stereocenters. The third kappa shape index (κ3) is 2.03. The van der Waals surface area contributed by atoms with Crippen molar-refractivity contribution >= 4 is 22.6 Å². The molecule has 0 spiro atoms. The van der Waals surface area contributed by atoms with E-state index in [4.69, 9.17) is 21.8 Å². The summed E-state index contributed by atoms with van der Waals surface area (Å²) < 4.78 is 5.05. The first-order chi connectivity index (χ1) is 7.20. The Morgan fingerprint density at radius 3 is 2.87 bits per heavy atom. The molecule has 0 fully saturated rings. The van der Waals surface area contributed by atoms with Crippen LogP contribution in [0.4, 0.5) is 0 Å². The van der Waals surface area contributed by atoms with Crippen molar-refractivity contribution in [1.29, 1.82) is 0 Å². The summed E-state index contributed by atoms with van der Waals surface area (Å²) in [6.07, 6.45) is 0.641. The third-order valence-electron chi connectivity index (χ3n) is 2.20. The second-order valence-electron chi connectivity index (χ2n) is 3.27. The highest BCUT2D eigenvalue weighted by molar-refractivity contribution is 6.31. The van der Waals surface area contributed by atoms with Crippen LogP contribution in [0.15, 0.2) is 33.5 Å². The summed E-state index contributed by atoms with van der Waals surface area (Å²) in [5.41, 5.74) is 6.55. The lowest BCUT2D eigenvalue weighted by Gasteiger charge is -2.03. The summed E-state index contributed by atoms with van der Waals surface area (Å²) in [6.45, 7) is 0.491. The van der Waals surface area contributed by atoms with Gasteiger partial charge in [0.1, 0.15) is 5.58 Å². The highest BCUT2D eigenvalue weighted by Gasteiger charge is 2.05. The first-order valence-electron chi connectivity index (χ1n) is 4.63. The largest absolute Gasteiger partial charge is 0.423 e. The van der Waals surface area contributed by atoms with Crippen LogP contribution in [-0.2, 0) is 6.42 Å². The Morgan fingerprint density at radius 1 is 1.33 bits per heavy atom. The fourth-order valence-corrected chi connectivity index (χ4v) is 1.73. The third-order valence-corrected chi connectivity index (χ3v) is 2.44. The summed E-state index contributed by atoms with van der Waals surface area (Å²) in [5, 5.41) is 1.47. The molecule has 0 saturated heterocycles. The van der Waals surface area contributed by atoms with Gasteiger partial charge in [0.25, 0.3) is 0 Å². The van der Waals surface area contributed by atoms with Gasteiger partial charge in [0.15, 0.2) is 0 Å². The van der Waals surface area contributed by atoms with Gasteiger partial charge in [-0.05, 0) is 36.7 Å². The lowest BCUT2D eigenvalue weighted by Crippen LogP contribution is -2.07. The number of benzene rings is 1. The molecule has 3 nitrogen and oxygen atoms in total. The summed E-state index contributed by atoms with van der Waals surface area (Å²) in [5.74, 6) is 0. The zero-order valence-electron chi connectivity index (χ0n) is 8.00. The quantitative estimate of drug-likeness (QED) is 0.792. The number of halogens is 1. The van der Waals surface area contributed by atoms with Gasteiger partial charge in [-0.3, -0.25) is 0 Å². The minimum atomic E-state index is -0.353. The molecule has 78 valence electrons. The molecule has 0 radical (unpaired) electrons. The van der Waals surface area contributed by atoms with Crippen LogP contribution in [0.1, 0.15) is 5.56 Å². The van der Waals surface area contributed by atoms with Crippen LogP contribution < -0.4 is 11.4 Å². The van der Waals surface area contributed by atoms with Crippen molar-refractivity contribution in [3.8, 4) is 0 Å². The molecular formula is C11H10ClNO2. The Balaban J connectivity index is 2.75. The van der Waals surface area contributed by atoms with Crippen molar-refractivity contribution in [1.82, 2.24) is 0 Å². The summed E-state index contributed by atoms with van der Waals surface area (Å²) in [4.78, 5) is 11.2. The Kier molecular flexibility index (Phi) is 2.75. The van der Waals surface area contributed by atoms with E-state index < -0.39 is 0 Å². The molecule has 15 heavy (non-hydrogen) atoms. The molecule has 0 saturated carbocycles. The van der Waals surface area contributed by atoms with E-state index in [1.54, 1.807) is 18.2 Å². The van der Waals surface area contributed by atoms with Crippen LogP contribution in [0.3, 0.4) is 0 Å². The van der Waals surface area contributed by atoms with Gasteiger partial charge in [-0.2, -0.15) is 0 Å². The maximum Gasteiger partial charge on any atom is 0.336 e. The maximum atomic E-state index is 11.2. The van der Waals surface area contributed by atoms with Gasteiger partial charge in [-0.15, -0.1) is 0 Å². The van der Waals surface area contributed by atoms with Crippen LogP contribution in [0.5, 0.6) is 0 Å². The smallest absolute Gasteiger partial charge is 0.336 e. The first-order valence-corrected chi connectivity index (χ1v) is 5.01. The molecule has 0 amide bonds. The van der Waals surface area contributed by atoms with Gasteiger partial charge >= 0.3 is 5.63 Å². The second kappa shape index (κ2) is 4.04. The van der Waals surface area contributed by atoms with E-state index in [9.17, 15) is 4.79 Å². The predicted molar refractivity (Wildman–Crippen MR) is 60.3 cm³/mol. The molecule has 1 aromatic heterocycles. The lowest BCUT2D eigenvalue weighted by molar-refractivity contribution is 0.559. The van der Waals surface area contributed by atoms with E-state index in [1.165, 1.54) is 6.07 Å². The second-order valence-corrected chi connectivity index (χ2v) is 3.71. The van der Waals surface area contributed by atoms with E-state index in [0.29, 0.717) is 23.6 Å². The first kappa shape index (κ1) is 10.2. The van der Waals surface area contributed by atoms with Gasteiger partial charge < -0.3 is 10.2 Å². The molecule has 1 aromatic carbocycles. The molecule has 2 N–H and O–H groups in total. The molecule has 0 unspecified atom stereocenters. The van der Waals surface area contributed by atoms with Crippen molar-refractivity contribution in [3.63, 3.8) is 0 Å². The molecular weight excluding hydrogens is 214 g/mol. The van der Waals surface area contributed by atoms with Crippen molar-refractivity contribution in [2.75, 3.05) is 6.54 Å². The maximum absolute atomic E-state index is 11.2. The average Bonchev–Trinajstić information content (AvgIpc) is 2.19. The SMILES string of the molecule is NCCc1cc(=O)oc2ccc(Cl)cc12. The van der Waals surface area contributed by atoms with Gasteiger partial charge in [0, 0.05) is 16.5 Å². The molecule has 4 heteroatoms. The van der Waals surface area contributed by atoms with E-state index in [-0.39, 0.29) is 5.63 Å². The summed E-state index contributed by atoms with van der Waals surface area (Å²) in [6, 6.07) is 6.63. The van der Waals surface area contributed by atoms with Crippen molar-refractivity contribution < 1.29 is 4.42 Å². The van der Waals surface area contributed by atoms with Crippen molar-refractivity contribution in [2.24, 2.45) is 5.73 Å². The van der Waals surface area contributed by atoms with E-state index >= 15 is 0 Å². The fraction of sp³-hybridized carbons (Fsp3) is 0.182. The van der Waals surface area contributed by atoms with Gasteiger partial charge in [-0.1, -0.05) is 11.6 Å². The zero-order valence-corrected chi connectivity index (χ0v) is 8.75. The summed E-state index contributed by atoms with van der Waals surface area (Å²) >= 11 is 5.88. The number of fused-ring (bicyclic) bond motifs is 1. The summed E-state index contributed by atoms with van der Waals surface area (Å²) in [7, 11) is 0. The number of rotatable bonds is 2. The van der Waals surface area contributed by atoms with Crippen LogP contribution >= 0.6 is 11.6 Å². The minimum absolute atomic E-state index is 0.353. The molecule has 1 heterocycles. The van der Waals surface area contributed by atoms with Crippen molar-refractivity contribution in [3.05, 3.63) is 45.3 Å². The highest BCUT2D eigenvalue weighted by Crippen LogP contribution is 2.21. The van der Waals surface area contributed by atoms with Crippen LogP contribution in [-0.4, -0.2) is 6.54 Å². The lowest BCUT2D eigenvalue weighted by atomic mass is 10.1. The standard InChI is InChI=1S/C11H10ClNO2/c12-8-1-2-10-9(6-8)7(3-4-13)5-11(14)15-10/h1-2,5-6H,3-4,13H2. The molecule has 2 aromatic rings. The molecule has 0 aliphatic heterocycles. The molecule has 0 bridgehead atoms. The van der Waals surface area contributed by atoms with E-state index in [0.717, 1.165) is 10.9 Å². The van der Waals surface area contributed by atoms with Crippen LogP contribution in [0, 0.1) is 0 Å². The Bertz CT molecular complexity index is 548. The minimum Gasteiger partial charge on any atom is -0.423 e. The average molecular weight is 224 g/mol. The van der Waals surface area contributed by atoms with Gasteiger partial charge in [0.2, 0.25) is 0 Å². The number of hydrogen-bond acceptors (Lipinski definition) is 3. The Labute approximate surface area is 91.5 Å². The molecule has 0 aliphatic carbocycles. The number of nitrogens with two attached hydrogens (primary N) is 1. The van der Waals surface area contributed by atoms with Gasteiger partial charge in [0.05, 0.1) is 0 Å². The monoisotopic (exact) mass is 223 g/mol. The van der Waals surface area contributed by atoms with Crippen LogP contribution in [0.25, 0.3) is 11.0 Å². The van der Waals surface area contributed by atoms with E-state index in [1.807, 2.05) is 0 Å². The Morgan fingerprint density at radius 2 is 2.13 bits per heavy atom. The molecule has 0 aliphatic rings. The fourth-order valence-electron chi connectivity index (χ4n) is 1.56. The van der Waals surface area contributed by atoms with Crippen LogP contribution in [0.2, 0.25) is 5.02 Å². The highest BCUT2D eigenvalue weighted by atomic mass is 35.5. The van der Waals surface area contributed by atoms with E-state index in [2.05, 4.69) is 0 Å². The molecule has 2 rings (SSSR count). The zero-order chi connectivity index (χ0) is 10.8. The number of hydrogen-bond donors (Lipinski definition) is 1. The topological polar surface area (TPSA) is 56.2 Å². The normalized spacial score (nSPS) is 10.8. The Hall–Kier alpha value is -1.32.